The molecule has 0 atom stereocenters. The summed E-state index contributed by atoms with van der Waals surface area (Å²) in [6.45, 7) is 2.01. The summed E-state index contributed by atoms with van der Waals surface area (Å²) >= 11 is 0. The third-order valence-corrected chi connectivity index (χ3v) is 1.55. The van der Waals surface area contributed by atoms with Gasteiger partial charge in [0, 0.05) is 13.0 Å². The van der Waals surface area contributed by atoms with Crippen molar-refractivity contribution >= 4 is 5.71 Å². The monoisotopic (exact) mass is 128 g/mol. The van der Waals surface area contributed by atoms with Gasteiger partial charge in [-0.25, -0.2) is 0 Å². The normalized spacial score (nSPS) is 26.0. The summed E-state index contributed by atoms with van der Waals surface area (Å²) in [6, 6.07) is 0. The highest BCUT2D eigenvalue weighted by molar-refractivity contribution is 5.84. The van der Waals surface area contributed by atoms with Crippen molar-refractivity contribution in [1.29, 1.82) is 0 Å². The van der Waals surface area contributed by atoms with Gasteiger partial charge in [-0.1, -0.05) is 5.16 Å². The number of hydrogen-bond donors (Lipinski definition) is 2. The maximum absolute atomic E-state index is 8.38. The van der Waals surface area contributed by atoms with E-state index >= 15 is 0 Å². The van der Waals surface area contributed by atoms with Crippen LogP contribution in [0.5, 0.6) is 0 Å². The molecule has 2 N–H and O–H groups in total. The minimum atomic E-state index is 0.899. The van der Waals surface area contributed by atoms with Crippen LogP contribution in [0.1, 0.15) is 19.3 Å². The highest BCUT2D eigenvalue weighted by atomic mass is 16.4. The fourth-order valence-corrected chi connectivity index (χ4v) is 1.00. The van der Waals surface area contributed by atoms with E-state index in [-0.39, 0.29) is 0 Å². The molecule has 1 aliphatic rings. The van der Waals surface area contributed by atoms with Crippen molar-refractivity contribution in [2.45, 2.75) is 19.3 Å². The lowest BCUT2D eigenvalue weighted by atomic mass is 10.2. The van der Waals surface area contributed by atoms with Gasteiger partial charge < -0.3 is 10.5 Å². The Kier molecular flexibility index (Phi) is 2.51. The van der Waals surface area contributed by atoms with E-state index in [0.717, 1.165) is 38.1 Å². The van der Waals surface area contributed by atoms with Gasteiger partial charge in [0.1, 0.15) is 0 Å². The first-order valence-corrected chi connectivity index (χ1v) is 3.34. The van der Waals surface area contributed by atoms with E-state index in [4.69, 9.17) is 5.21 Å². The van der Waals surface area contributed by atoms with Gasteiger partial charge in [-0.3, -0.25) is 0 Å². The van der Waals surface area contributed by atoms with E-state index in [1.165, 1.54) is 0 Å². The summed E-state index contributed by atoms with van der Waals surface area (Å²) in [6.07, 6.45) is 2.94. The van der Waals surface area contributed by atoms with Crippen LogP contribution in [-0.2, 0) is 0 Å². The largest absolute Gasteiger partial charge is 0.411 e. The second-order valence-corrected chi connectivity index (χ2v) is 2.27. The first-order valence-electron chi connectivity index (χ1n) is 3.34. The van der Waals surface area contributed by atoms with Gasteiger partial charge in [0.05, 0.1) is 5.71 Å². The van der Waals surface area contributed by atoms with Gasteiger partial charge in [-0.05, 0) is 19.4 Å². The maximum atomic E-state index is 8.38. The van der Waals surface area contributed by atoms with Crippen molar-refractivity contribution in [3.8, 4) is 0 Å². The van der Waals surface area contributed by atoms with Crippen LogP contribution in [0.25, 0.3) is 0 Å². The van der Waals surface area contributed by atoms with E-state index in [0.29, 0.717) is 0 Å². The Morgan fingerprint density at radius 1 is 1.33 bits per heavy atom. The van der Waals surface area contributed by atoms with Gasteiger partial charge in [-0.2, -0.15) is 0 Å². The van der Waals surface area contributed by atoms with E-state index in [1.54, 1.807) is 0 Å². The van der Waals surface area contributed by atoms with Crippen molar-refractivity contribution in [3.63, 3.8) is 0 Å². The first kappa shape index (κ1) is 6.55. The molecule has 1 aliphatic heterocycles. The van der Waals surface area contributed by atoms with Crippen LogP contribution in [0.4, 0.5) is 0 Å². The predicted octanol–water partition coefficient (Wildman–Crippen LogP) is 0.590. The molecule has 1 rings (SSSR count). The highest BCUT2D eigenvalue weighted by Gasteiger charge is 2.03. The Morgan fingerprint density at radius 2 is 2.22 bits per heavy atom. The van der Waals surface area contributed by atoms with E-state index in [1.807, 2.05) is 0 Å². The Hall–Kier alpha value is -0.570. The molecule has 52 valence electrons. The lowest BCUT2D eigenvalue weighted by molar-refractivity contribution is 0.316. The molecule has 0 aromatic carbocycles. The molecule has 3 heteroatoms. The van der Waals surface area contributed by atoms with Crippen LogP contribution in [0.2, 0.25) is 0 Å². The molecule has 1 heterocycles. The highest BCUT2D eigenvalue weighted by Crippen LogP contribution is 1.99. The standard InChI is InChI=1S/C6H12N2O/c9-8-6-2-1-4-7-5-3-6/h7,9H,1-5H2/b8-6+. The molecule has 0 aliphatic carbocycles. The third kappa shape index (κ3) is 2.01. The molecule has 0 unspecified atom stereocenters. The molecule has 0 radical (unpaired) electrons. The zero-order chi connectivity index (χ0) is 6.53. The Balaban J connectivity index is 2.36. The molecule has 0 amide bonds. The van der Waals surface area contributed by atoms with Gasteiger partial charge in [-0.15, -0.1) is 0 Å². The van der Waals surface area contributed by atoms with Gasteiger partial charge in [0.15, 0.2) is 0 Å². The van der Waals surface area contributed by atoms with Crippen molar-refractivity contribution in [1.82, 2.24) is 5.32 Å². The third-order valence-electron chi connectivity index (χ3n) is 1.55. The van der Waals surface area contributed by atoms with Crippen molar-refractivity contribution in [2.75, 3.05) is 13.1 Å². The summed E-state index contributed by atoms with van der Waals surface area (Å²) in [4.78, 5) is 0. The molecule has 1 fully saturated rings. The quantitative estimate of drug-likeness (QED) is 0.370. The maximum Gasteiger partial charge on any atom is 0.0583 e. The SMILES string of the molecule is O/N=C1\CCCNCC1. The number of oxime groups is 1. The van der Waals surface area contributed by atoms with Crippen LogP contribution >= 0.6 is 0 Å². The minimum absolute atomic E-state index is 0.899. The van der Waals surface area contributed by atoms with Gasteiger partial charge >= 0.3 is 0 Å². The van der Waals surface area contributed by atoms with Crippen LogP contribution < -0.4 is 5.32 Å². The van der Waals surface area contributed by atoms with E-state index in [9.17, 15) is 0 Å². The smallest absolute Gasteiger partial charge is 0.0583 e. The zero-order valence-electron chi connectivity index (χ0n) is 5.43. The molecule has 0 bridgehead atoms. The average Bonchev–Trinajstić information content (AvgIpc) is 2.13. The summed E-state index contributed by atoms with van der Waals surface area (Å²) in [5.41, 5.74) is 0.931. The van der Waals surface area contributed by atoms with Crippen LogP contribution in [-0.4, -0.2) is 24.0 Å². The van der Waals surface area contributed by atoms with Gasteiger partial charge in [0.25, 0.3) is 0 Å². The molecule has 0 aromatic heterocycles. The lowest BCUT2D eigenvalue weighted by Gasteiger charge is -1.93. The summed E-state index contributed by atoms with van der Waals surface area (Å²) in [7, 11) is 0. The molecule has 0 saturated carbocycles. The fraction of sp³-hybridized carbons (Fsp3) is 0.833. The van der Waals surface area contributed by atoms with E-state index < -0.39 is 0 Å². The molecular weight excluding hydrogens is 116 g/mol. The van der Waals surface area contributed by atoms with E-state index in [2.05, 4.69) is 10.5 Å². The second-order valence-electron chi connectivity index (χ2n) is 2.27. The number of nitrogens with one attached hydrogen (secondary N) is 1. The minimum Gasteiger partial charge on any atom is -0.411 e. The molecule has 0 spiro atoms. The van der Waals surface area contributed by atoms with Crippen LogP contribution in [0.3, 0.4) is 0 Å². The first-order chi connectivity index (χ1) is 4.43. The van der Waals surface area contributed by atoms with Crippen molar-refractivity contribution < 1.29 is 5.21 Å². The summed E-state index contributed by atoms with van der Waals surface area (Å²) in [5, 5.41) is 14.8. The Morgan fingerprint density at radius 3 is 3.00 bits per heavy atom. The van der Waals surface area contributed by atoms with Crippen LogP contribution in [0, 0.1) is 0 Å². The summed E-state index contributed by atoms with van der Waals surface area (Å²) in [5.74, 6) is 0. The van der Waals surface area contributed by atoms with Gasteiger partial charge in [0.2, 0.25) is 0 Å². The number of nitrogens with zero attached hydrogens (tertiary/aromatic N) is 1. The van der Waals surface area contributed by atoms with Crippen LogP contribution in [0.15, 0.2) is 5.16 Å². The summed E-state index contributed by atoms with van der Waals surface area (Å²) < 4.78 is 0. The second kappa shape index (κ2) is 3.45. The molecular formula is C6H12N2O. The topological polar surface area (TPSA) is 44.6 Å². The molecule has 0 aromatic rings. The van der Waals surface area contributed by atoms with Crippen molar-refractivity contribution in [3.05, 3.63) is 0 Å². The Labute approximate surface area is 54.8 Å². The molecule has 1 saturated heterocycles. The Bertz CT molecular complexity index is 102. The van der Waals surface area contributed by atoms with Crippen molar-refractivity contribution in [2.24, 2.45) is 5.16 Å². The lowest BCUT2D eigenvalue weighted by Crippen LogP contribution is -2.13. The zero-order valence-corrected chi connectivity index (χ0v) is 5.43. The average molecular weight is 128 g/mol. The molecule has 3 nitrogen and oxygen atoms in total. The molecule has 9 heavy (non-hydrogen) atoms. The number of rotatable bonds is 0. The number of hydrogen-bond acceptors (Lipinski definition) is 3. The fourth-order valence-electron chi connectivity index (χ4n) is 1.00. The predicted molar refractivity (Wildman–Crippen MR) is 35.9 cm³/mol.